The van der Waals surface area contributed by atoms with Crippen molar-refractivity contribution >= 4 is 5.82 Å². The van der Waals surface area contributed by atoms with Crippen molar-refractivity contribution in [3.63, 3.8) is 0 Å². The zero-order valence-corrected chi connectivity index (χ0v) is 12.6. The summed E-state index contributed by atoms with van der Waals surface area (Å²) in [5, 5.41) is 0. The summed E-state index contributed by atoms with van der Waals surface area (Å²) in [5.41, 5.74) is 9.79. The van der Waals surface area contributed by atoms with Crippen LogP contribution in [-0.4, -0.2) is 9.55 Å². The van der Waals surface area contributed by atoms with Gasteiger partial charge in [0.25, 0.3) is 0 Å². The number of imidazole rings is 1. The molecule has 1 fully saturated rings. The lowest BCUT2D eigenvalue weighted by molar-refractivity contribution is 0.518. The SMILES string of the molecule is Cc1nc(-c2ccc(C3CC3)cc2)c(N)n1CC(C)C. The van der Waals surface area contributed by atoms with E-state index in [2.05, 4.69) is 47.7 Å². The van der Waals surface area contributed by atoms with Crippen molar-refractivity contribution in [3.8, 4) is 11.3 Å². The first-order valence-electron chi connectivity index (χ1n) is 7.49. The molecule has 0 unspecified atom stereocenters. The molecule has 0 amide bonds. The van der Waals surface area contributed by atoms with Crippen LogP contribution in [0.4, 0.5) is 5.82 Å². The number of benzene rings is 1. The van der Waals surface area contributed by atoms with Gasteiger partial charge in [0.1, 0.15) is 17.3 Å². The van der Waals surface area contributed by atoms with Gasteiger partial charge in [0.15, 0.2) is 0 Å². The van der Waals surface area contributed by atoms with E-state index in [1.165, 1.54) is 18.4 Å². The van der Waals surface area contributed by atoms with Crippen LogP contribution in [0.1, 0.15) is 44.0 Å². The van der Waals surface area contributed by atoms with E-state index in [0.717, 1.165) is 35.4 Å². The molecule has 3 heteroatoms. The summed E-state index contributed by atoms with van der Waals surface area (Å²) in [4.78, 5) is 4.66. The Morgan fingerprint density at radius 2 is 1.90 bits per heavy atom. The number of anilines is 1. The van der Waals surface area contributed by atoms with Crippen molar-refractivity contribution < 1.29 is 0 Å². The van der Waals surface area contributed by atoms with Crippen molar-refractivity contribution in [2.24, 2.45) is 5.92 Å². The Labute approximate surface area is 120 Å². The fourth-order valence-corrected chi connectivity index (χ4v) is 2.72. The smallest absolute Gasteiger partial charge is 0.131 e. The fraction of sp³-hybridized carbons (Fsp3) is 0.471. The Morgan fingerprint density at radius 1 is 1.25 bits per heavy atom. The van der Waals surface area contributed by atoms with Gasteiger partial charge in [-0.3, -0.25) is 0 Å². The van der Waals surface area contributed by atoms with Gasteiger partial charge in [0.05, 0.1) is 0 Å². The van der Waals surface area contributed by atoms with Crippen LogP contribution in [0.15, 0.2) is 24.3 Å². The highest BCUT2D eigenvalue weighted by Gasteiger charge is 2.23. The van der Waals surface area contributed by atoms with Gasteiger partial charge in [-0.25, -0.2) is 4.98 Å². The maximum absolute atomic E-state index is 6.30. The second-order valence-corrected chi connectivity index (χ2v) is 6.29. The average Bonchev–Trinajstić information content (AvgIpc) is 3.22. The van der Waals surface area contributed by atoms with Crippen LogP contribution >= 0.6 is 0 Å². The summed E-state index contributed by atoms with van der Waals surface area (Å²) in [6.45, 7) is 7.34. The molecular formula is C17H23N3. The third-order valence-corrected chi connectivity index (χ3v) is 3.98. The standard InChI is InChI=1S/C17H23N3/c1-11(2)10-20-12(3)19-16(17(20)18)15-8-6-14(7-9-15)13-4-5-13/h6-9,11,13H,4-5,10,18H2,1-3H3. The number of hydrogen-bond donors (Lipinski definition) is 1. The highest BCUT2D eigenvalue weighted by atomic mass is 15.1. The van der Waals surface area contributed by atoms with Crippen molar-refractivity contribution in [1.82, 2.24) is 9.55 Å². The Balaban J connectivity index is 1.93. The highest BCUT2D eigenvalue weighted by molar-refractivity contribution is 5.71. The van der Waals surface area contributed by atoms with Crippen molar-refractivity contribution in [1.29, 1.82) is 0 Å². The predicted octanol–water partition coefficient (Wildman–Crippen LogP) is 3.97. The molecule has 3 nitrogen and oxygen atoms in total. The van der Waals surface area contributed by atoms with E-state index in [9.17, 15) is 0 Å². The molecule has 1 aromatic heterocycles. The number of rotatable bonds is 4. The van der Waals surface area contributed by atoms with Crippen molar-refractivity contribution in [2.75, 3.05) is 5.73 Å². The van der Waals surface area contributed by atoms with Crippen LogP contribution in [0, 0.1) is 12.8 Å². The van der Waals surface area contributed by atoms with E-state index in [0.29, 0.717) is 5.92 Å². The van der Waals surface area contributed by atoms with E-state index < -0.39 is 0 Å². The number of nitrogen functional groups attached to an aromatic ring is 1. The predicted molar refractivity (Wildman–Crippen MR) is 83.6 cm³/mol. The molecule has 0 saturated heterocycles. The van der Waals surface area contributed by atoms with Crippen LogP contribution in [0.25, 0.3) is 11.3 Å². The van der Waals surface area contributed by atoms with Gasteiger partial charge >= 0.3 is 0 Å². The van der Waals surface area contributed by atoms with E-state index in [1.807, 2.05) is 6.92 Å². The first-order chi connectivity index (χ1) is 9.56. The Kier molecular flexibility index (Phi) is 3.28. The summed E-state index contributed by atoms with van der Waals surface area (Å²) in [5.74, 6) is 3.14. The van der Waals surface area contributed by atoms with Gasteiger partial charge in [0.2, 0.25) is 0 Å². The molecule has 1 heterocycles. The molecule has 0 atom stereocenters. The minimum atomic E-state index is 0.565. The van der Waals surface area contributed by atoms with Crippen LogP contribution in [0.5, 0.6) is 0 Å². The van der Waals surface area contributed by atoms with Gasteiger partial charge in [-0.05, 0) is 37.2 Å². The molecule has 1 aliphatic rings. The molecular weight excluding hydrogens is 246 g/mol. The summed E-state index contributed by atoms with van der Waals surface area (Å²) < 4.78 is 2.12. The summed E-state index contributed by atoms with van der Waals surface area (Å²) in [7, 11) is 0. The molecule has 0 aliphatic heterocycles. The highest BCUT2D eigenvalue weighted by Crippen LogP contribution is 2.40. The summed E-state index contributed by atoms with van der Waals surface area (Å²) >= 11 is 0. The average molecular weight is 269 g/mol. The largest absolute Gasteiger partial charge is 0.383 e. The third-order valence-electron chi connectivity index (χ3n) is 3.98. The number of nitrogens with zero attached hydrogens (tertiary/aromatic N) is 2. The first kappa shape index (κ1) is 13.2. The minimum absolute atomic E-state index is 0.565. The van der Waals surface area contributed by atoms with Gasteiger partial charge in [-0.2, -0.15) is 0 Å². The Bertz CT molecular complexity index is 604. The van der Waals surface area contributed by atoms with Crippen LogP contribution in [-0.2, 0) is 6.54 Å². The molecule has 1 aliphatic carbocycles. The minimum Gasteiger partial charge on any atom is -0.383 e. The molecule has 20 heavy (non-hydrogen) atoms. The van der Waals surface area contributed by atoms with Crippen molar-refractivity contribution in [3.05, 3.63) is 35.7 Å². The normalized spacial score (nSPS) is 15.0. The zero-order chi connectivity index (χ0) is 14.3. The third kappa shape index (κ3) is 2.45. The molecule has 1 aromatic carbocycles. The lowest BCUT2D eigenvalue weighted by atomic mass is 10.1. The van der Waals surface area contributed by atoms with E-state index in [4.69, 9.17) is 5.73 Å². The lowest BCUT2D eigenvalue weighted by Crippen LogP contribution is -2.09. The quantitative estimate of drug-likeness (QED) is 0.912. The molecule has 2 aromatic rings. The van der Waals surface area contributed by atoms with Crippen LogP contribution < -0.4 is 5.73 Å². The van der Waals surface area contributed by atoms with Gasteiger partial charge in [0, 0.05) is 12.1 Å². The first-order valence-corrected chi connectivity index (χ1v) is 7.49. The van der Waals surface area contributed by atoms with Gasteiger partial charge in [-0.1, -0.05) is 38.1 Å². The maximum Gasteiger partial charge on any atom is 0.131 e. The van der Waals surface area contributed by atoms with E-state index in [1.54, 1.807) is 0 Å². The number of aromatic nitrogens is 2. The van der Waals surface area contributed by atoms with Gasteiger partial charge < -0.3 is 10.3 Å². The molecule has 106 valence electrons. The fourth-order valence-electron chi connectivity index (χ4n) is 2.72. The molecule has 2 N–H and O–H groups in total. The van der Waals surface area contributed by atoms with E-state index in [-0.39, 0.29) is 0 Å². The zero-order valence-electron chi connectivity index (χ0n) is 12.6. The topological polar surface area (TPSA) is 43.8 Å². The van der Waals surface area contributed by atoms with Crippen LogP contribution in [0.2, 0.25) is 0 Å². The Morgan fingerprint density at radius 3 is 2.45 bits per heavy atom. The second-order valence-electron chi connectivity index (χ2n) is 6.29. The van der Waals surface area contributed by atoms with Crippen molar-refractivity contribution in [2.45, 2.75) is 46.1 Å². The summed E-state index contributed by atoms with van der Waals surface area (Å²) in [6.07, 6.45) is 2.67. The molecule has 0 spiro atoms. The monoisotopic (exact) mass is 269 g/mol. The number of nitrogens with two attached hydrogens (primary N) is 1. The second kappa shape index (κ2) is 4.97. The van der Waals surface area contributed by atoms with E-state index >= 15 is 0 Å². The summed E-state index contributed by atoms with van der Waals surface area (Å²) in [6, 6.07) is 8.77. The molecule has 1 saturated carbocycles. The number of hydrogen-bond acceptors (Lipinski definition) is 2. The Hall–Kier alpha value is -1.77. The molecule has 3 rings (SSSR count). The number of aryl methyl sites for hydroxylation is 1. The van der Waals surface area contributed by atoms with Crippen LogP contribution in [0.3, 0.4) is 0 Å². The lowest BCUT2D eigenvalue weighted by Gasteiger charge is -2.10. The molecule has 0 radical (unpaired) electrons. The maximum atomic E-state index is 6.30. The molecule has 0 bridgehead atoms. The van der Waals surface area contributed by atoms with Gasteiger partial charge in [-0.15, -0.1) is 0 Å².